The molecular formula is C27H25IrN2O-. The van der Waals surface area contributed by atoms with Crippen molar-refractivity contribution in [3.05, 3.63) is 84.2 Å². The molecule has 0 spiro atoms. The molecule has 0 saturated heterocycles. The second-order valence-electron chi connectivity index (χ2n) is 8.41. The van der Waals surface area contributed by atoms with Crippen molar-refractivity contribution >= 4 is 21.9 Å². The fourth-order valence-corrected chi connectivity index (χ4v) is 4.30. The van der Waals surface area contributed by atoms with Gasteiger partial charge in [-0.25, -0.2) is 0 Å². The molecule has 0 bridgehead atoms. The van der Waals surface area contributed by atoms with Crippen LogP contribution in [0.3, 0.4) is 0 Å². The Morgan fingerprint density at radius 1 is 0.935 bits per heavy atom. The van der Waals surface area contributed by atoms with Gasteiger partial charge in [-0.15, -0.1) is 35.9 Å². The molecule has 3 aromatic carbocycles. The number of benzene rings is 3. The number of imidazole rings is 1. The maximum atomic E-state index is 6.52. The maximum absolute atomic E-state index is 6.52. The van der Waals surface area contributed by atoms with Crippen LogP contribution in [-0.2, 0) is 20.1 Å². The van der Waals surface area contributed by atoms with Crippen LogP contribution < -0.4 is 0 Å². The Labute approximate surface area is 196 Å². The summed E-state index contributed by atoms with van der Waals surface area (Å²) in [5.41, 5.74) is 6.49. The van der Waals surface area contributed by atoms with Gasteiger partial charge in [0.05, 0.1) is 11.5 Å². The minimum atomic E-state index is 0. The summed E-state index contributed by atoms with van der Waals surface area (Å²) in [6, 6.07) is 22.0. The number of hydrogen-bond donors (Lipinski definition) is 0. The molecule has 0 N–H and O–H groups in total. The molecule has 31 heavy (non-hydrogen) atoms. The molecule has 0 atom stereocenters. The molecule has 2 aromatic heterocycles. The molecule has 5 rings (SSSR count). The zero-order valence-electron chi connectivity index (χ0n) is 18.1. The second kappa shape index (κ2) is 8.45. The molecule has 0 aliphatic heterocycles. The largest absolute Gasteiger partial charge is 0.454 e. The molecule has 2 heterocycles. The van der Waals surface area contributed by atoms with Crippen molar-refractivity contribution in [1.82, 2.24) is 9.55 Å². The number of aromatic nitrogens is 2. The molecule has 159 valence electrons. The fourth-order valence-electron chi connectivity index (χ4n) is 4.30. The van der Waals surface area contributed by atoms with E-state index in [0.29, 0.717) is 11.8 Å². The van der Waals surface area contributed by atoms with Gasteiger partial charge >= 0.3 is 0 Å². The van der Waals surface area contributed by atoms with Gasteiger partial charge in [0.15, 0.2) is 5.58 Å². The van der Waals surface area contributed by atoms with Crippen LogP contribution in [0.25, 0.3) is 39.0 Å². The minimum Gasteiger partial charge on any atom is -0.454 e. The fraction of sp³-hybridized carbons (Fsp3) is 0.222. The van der Waals surface area contributed by atoms with Crippen LogP contribution >= 0.6 is 0 Å². The van der Waals surface area contributed by atoms with Gasteiger partial charge in [0.2, 0.25) is 0 Å². The van der Waals surface area contributed by atoms with E-state index in [0.717, 1.165) is 28.2 Å². The van der Waals surface area contributed by atoms with Crippen molar-refractivity contribution in [2.24, 2.45) is 0 Å². The van der Waals surface area contributed by atoms with E-state index in [1.807, 2.05) is 42.7 Å². The van der Waals surface area contributed by atoms with E-state index in [4.69, 9.17) is 4.42 Å². The Morgan fingerprint density at radius 3 is 2.39 bits per heavy atom. The third kappa shape index (κ3) is 3.54. The molecule has 5 aromatic rings. The summed E-state index contributed by atoms with van der Waals surface area (Å²) < 4.78 is 8.68. The molecule has 1 radical (unpaired) electrons. The van der Waals surface area contributed by atoms with Crippen LogP contribution in [0.15, 0.2) is 71.4 Å². The van der Waals surface area contributed by atoms with Gasteiger partial charge in [0.1, 0.15) is 5.58 Å². The average molecular weight is 586 g/mol. The zero-order chi connectivity index (χ0) is 20.8. The zero-order valence-corrected chi connectivity index (χ0v) is 20.5. The van der Waals surface area contributed by atoms with Gasteiger partial charge in [-0.05, 0) is 29.0 Å². The SMILES string of the molecule is CC(C)c1cc(C(C)C)c2c(oc3ccccc32)c1-n1ccnc1-c1[c-]cccc1.[Ir]. The standard InChI is InChI=1S/C27H25N2O.Ir/c1-17(2)21-16-22(18(3)4)25(26-24(21)20-12-8-9-13-23(20)30-26)29-15-14-28-27(29)19-10-6-5-7-11-19;/h5-10,12-18H,1-4H3;/q-1;. The van der Waals surface area contributed by atoms with Crippen LogP contribution in [0.2, 0.25) is 0 Å². The Balaban J connectivity index is 0.00000231. The summed E-state index contributed by atoms with van der Waals surface area (Å²) in [5.74, 6) is 1.60. The predicted molar refractivity (Wildman–Crippen MR) is 123 cm³/mol. The number of hydrogen-bond acceptors (Lipinski definition) is 2. The first kappa shape index (κ1) is 21.5. The van der Waals surface area contributed by atoms with E-state index in [2.05, 4.69) is 67.6 Å². The number of nitrogens with zero attached hydrogens (tertiary/aromatic N) is 2. The predicted octanol–water partition coefficient (Wildman–Crippen LogP) is 7.48. The van der Waals surface area contributed by atoms with E-state index in [1.54, 1.807) is 0 Å². The molecule has 0 unspecified atom stereocenters. The van der Waals surface area contributed by atoms with Crippen LogP contribution in [0.1, 0.15) is 50.7 Å². The Kier molecular flexibility index (Phi) is 5.87. The number of rotatable bonds is 4. The summed E-state index contributed by atoms with van der Waals surface area (Å²) in [6.45, 7) is 8.98. The minimum absolute atomic E-state index is 0. The van der Waals surface area contributed by atoms with Gasteiger partial charge in [0.25, 0.3) is 0 Å². The van der Waals surface area contributed by atoms with E-state index >= 15 is 0 Å². The van der Waals surface area contributed by atoms with Crippen molar-refractivity contribution in [3.63, 3.8) is 0 Å². The molecule has 4 heteroatoms. The van der Waals surface area contributed by atoms with Crippen LogP contribution in [0, 0.1) is 6.07 Å². The van der Waals surface area contributed by atoms with Crippen LogP contribution in [-0.4, -0.2) is 9.55 Å². The summed E-state index contributed by atoms with van der Waals surface area (Å²) in [4.78, 5) is 4.67. The van der Waals surface area contributed by atoms with Crippen LogP contribution in [0.4, 0.5) is 0 Å². The van der Waals surface area contributed by atoms with Crippen molar-refractivity contribution in [1.29, 1.82) is 0 Å². The number of furan rings is 1. The molecule has 3 nitrogen and oxygen atoms in total. The Hall–Kier alpha value is -2.68. The summed E-state index contributed by atoms with van der Waals surface area (Å²) in [6.07, 6.45) is 3.88. The normalized spacial score (nSPS) is 11.5. The first-order chi connectivity index (χ1) is 14.6. The first-order valence-electron chi connectivity index (χ1n) is 10.5. The third-order valence-electron chi connectivity index (χ3n) is 5.76. The Morgan fingerprint density at radius 2 is 1.68 bits per heavy atom. The summed E-state index contributed by atoms with van der Waals surface area (Å²) in [5, 5.41) is 2.37. The third-order valence-corrected chi connectivity index (χ3v) is 5.76. The van der Waals surface area contributed by atoms with Crippen molar-refractivity contribution < 1.29 is 24.5 Å². The first-order valence-corrected chi connectivity index (χ1v) is 10.5. The average Bonchev–Trinajstić information content (AvgIpc) is 3.38. The number of fused-ring (bicyclic) bond motifs is 3. The molecule has 0 amide bonds. The van der Waals surface area contributed by atoms with E-state index in [9.17, 15) is 0 Å². The topological polar surface area (TPSA) is 31.0 Å². The van der Waals surface area contributed by atoms with Crippen molar-refractivity contribution in [2.75, 3.05) is 0 Å². The van der Waals surface area contributed by atoms with Gasteiger partial charge in [-0.1, -0.05) is 52.0 Å². The molecule has 0 saturated carbocycles. The molecule has 0 aliphatic carbocycles. The summed E-state index contributed by atoms with van der Waals surface area (Å²) in [7, 11) is 0. The van der Waals surface area contributed by atoms with Crippen LogP contribution in [0.5, 0.6) is 0 Å². The van der Waals surface area contributed by atoms with Gasteiger partial charge in [-0.3, -0.25) is 4.98 Å². The van der Waals surface area contributed by atoms with Gasteiger partial charge in [-0.2, -0.15) is 0 Å². The van der Waals surface area contributed by atoms with E-state index in [-0.39, 0.29) is 20.1 Å². The van der Waals surface area contributed by atoms with Crippen molar-refractivity contribution in [2.45, 2.75) is 39.5 Å². The van der Waals surface area contributed by atoms with E-state index < -0.39 is 0 Å². The second-order valence-corrected chi connectivity index (χ2v) is 8.41. The smallest absolute Gasteiger partial charge is 0.159 e. The van der Waals surface area contributed by atoms with Crippen molar-refractivity contribution in [3.8, 4) is 17.1 Å². The van der Waals surface area contributed by atoms with Gasteiger partial charge in [0, 0.05) is 43.3 Å². The molecule has 0 aliphatic rings. The summed E-state index contributed by atoms with van der Waals surface area (Å²) >= 11 is 0. The Bertz CT molecular complexity index is 1350. The number of para-hydroxylation sites is 1. The monoisotopic (exact) mass is 586 g/mol. The maximum Gasteiger partial charge on any atom is 0.159 e. The van der Waals surface area contributed by atoms with Gasteiger partial charge < -0.3 is 8.98 Å². The molecule has 0 fully saturated rings. The quantitative estimate of drug-likeness (QED) is 0.205. The molecular weight excluding hydrogens is 561 g/mol. The van der Waals surface area contributed by atoms with E-state index in [1.165, 1.54) is 21.9 Å².